The first-order valence-electron chi connectivity index (χ1n) is 7.93. The molecule has 0 saturated carbocycles. The van der Waals surface area contributed by atoms with E-state index in [1.165, 1.54) is 4.90 Å². The Labute approximate surface area is 142 Å². The van der Waals surface area contributed by atoms with Crippen LogP contribution in [0.1, 0.15) is 23.1 Å². The van der Waals surface area contributed by atoms with E-state index >= 15 is 0 Å². The van der Waals surface area contributed by atoms with Gasteiger partial charge in [-0.25, -0.2) is 0 Å². The van der Waals surface area contributed by atoms with Gasteiger partial charge in [0.25, 0.3) is 0 Å². The molecule has 1 N–H and O–H groups in total. The zero-order valence-corrected chi connectivity index (χ0v) is 14.7. The molecule has 0 aliphatic heterocycles. The van der Waals surface area contributed by atoms with Gasteiger partial charge in [0, 0.05) is 32.4 Å². The van der Waals surface area contributed by atoms with Crippen LogP contribution in [-0.2, 0) is 23.1 Å². The first-order chi connectivity index (χ1) is 11.3. The predicted octanol–water partition coefficient (Wildman–Crippen LogP) is 2.07. The van der Waals surface area contributed by atoms with E-state index < -0.39 is 0 Å². The molecular formula is C18H24N4O2. The summed E-state index contributed by atoms with van der Waals surface area (Å²) in [5.74, 6) is -0.254. The summed E-state index contributed by atoms with van der Waals surface area (Å²) in [7, 11) is 3.49. The molecule has 1 heterocycles. The largest absolute Gasteiger partial charge is 0.336 e. The van der Waals surface area contributed by atoms with Crippen molar-refractivity contribution in [3.8, 4) is 0 Å². The van der Waals surface area contributed by atoms with Crippen molar-refractivity contribution in [2.45, 2.75) is 26.7 Å². The molecule has 128 valence electrons. The van der Waals surface area contributed by atoms with E-state index in [0.29, 0.717) is 12.8 Å². The van der Waals surface area contributed by atoms with E-state index in [1.54, 1.807) is 17.9 Å². The van der Waals surface area contributed by atoms with Gasteiger partial charge in [-0.3, -0.25) is 14.3 Å². The Morgan fingerprint density at radius 1 is 1.29 bits per heavy atom. The molecule has 2 amide bonds. The highest BCUT2D eigenvalue weighted by atomic mass is 16.2. The number of anilines is 1. The lowest BCUT2D eigenvalue weighted by atomic mass is 10.1. The third-order valence-corrected chi connectivity index (χ3v) is 3.86. The van der Waals surface area contributed by atoms with Crippen LogP contribution in [0.3, 0.4) is 0 Å². The van der Waals surface area contributed by atoms with E-state index in [4.69, 9.17) is 0 Å². The zero-order chi connectivity index (χ0) is 17.7. The number of benzene rings is 1. The van der Waals surface area contributed by atoms with E-state index in [9.17, 15) is 9.59 Å². The smallest absolute Gasteiger partial charge is 0.243 e. The summed E-state index contributed by atoms with van der Waals surface area (Å²) in [5.41, 5.74) is 3.88. The van der Waals surface area contributed by atoms with E-state index in [0.717, 1.165) is 22.4 Å². The van der Waals surface area contributed by atoms with Crippen LogP contribution in [0.4, 0.5) is 5.69 Å². The van der Waals surface area contributed by atoms with Gasteiger partial charge in [0.1, 0.15) is 0 Å². The van der Waals surface area contributed by atoms with Crippen LogP contribution in [0.15, 0.2) is 30.6 Å². The summed E-state index contributed by atoms with van der Waals surface area (Å²) < 4.78 is 1.71. The minimum Gasteiger partial charge on any atom is -0.336 e. The molecule has 1 aromatic carbocycles. The maximum atomic E-state index is 12.2. The summed E-state index contributed by atoms with van der Waals surface area (Å²) in [5, 5.41) is 6.95. The lowest BCUT2D eigenvalue weighted by Crippen LogP contribution is -2.35. The molecule has 1 aromatic heterocycles. The molecule has 0 radical (unpaired) electrons. The van der Waals surface area contributed by atoms with Crippen molar-refractivity contribution < 1.29 is 9.59 Å². The maximum absolute atomic E-state index is 12.2. The van der Waals surface area contributed by atoms with Crippen molar-refractivity contribution in [2.75, 3.05) is 18.9 Å². The Kier molecular flexibility index (Phi) is 5.73. The number of amides is 2. The highest BCUT2D eigenvalue weighted by Crippen LogP contribution is 2.16. The molecule has 6 heteroatoms. The quantitative estimate of drug-likeness (QED) is 0.883. The van der Waals surface area contributed by atoms with Gasteiger partial charge >= 0.3 is 0 Å². The number of hydrogen-bond donors (Lipinski definition) is 1. The number of carbonyl (C=O) groups is 2. The van der Waals surface area contributed by atoms with Crippen LogP contribution >= 0.6 is 0 Å². The first-order valence-corrected chi connectivity index (χ1v) is 7.93. The first kappa shape index (κ1) is 17.7. The minimum absolute atomic E-state index is 0.0409. The molecule has 2 aromatic rings. The van der Waals surface area contributed by atoms with Gasteiger partial charge in [0.05, 0.1) is 12.7 Å². The Morgan fingerprint density at radius 3 is 2.71 bits per heavy atom. The third-order valence-electron chi connectivity index (χ3n) is 3.86. The molecule has 0 fully saturated rings. The lowest BCUT2D eigenvalue weighted by Gasteiger charge is -2.17. The van der Waals surface area contributed by atoms with Crippen molar-refractivity contribution >= 4 is 17.5 Å². The van der Waals surface area contributed by atoms with Crippen molar-refractivity contribution in [3.63, 3.8) is 0 Å². The number of likely N-dealkylation sites (N-methyl/N-ethyl adjacent to an activating group) is 1. The number of nitrogens with zero attached hydrogens (tertiary/aromatic N) is 3. The van der Waals surface area contributed by atoms with E-state index in [-0.39, 0.29) is 18.4 Å². The topological polar surface area (TPSA) is 67.2 Å². The van der Waals surface area contributed by atoms with Crippen molar-refractivity contribution in [1.82, 2.24) is 14.7 Å². The molecular weight excluding hydrogens is 304 g/mol. The minimum atomic E-state index is -0.194. The van der Waals surface area contributed by atoms with E-state index in [2.05, 4.69) is 10.4 Å². The number of hydrogen-bond acceptors (Lipinski definition) is 3. The van der Waals surface area contributed by atoms with Crippen LogP contribution in [0, 0.1) is 13.8 Å². The Balaban J connectivity index is 1.84. The lowest BCUT2D eigenvalue weighted by molar-refractivity contribution is -0.133. The summed E-state index contributed by atoms with van der Waals surface area (Å²) in [6.07, 6.45) is 4.62. The van der Waals surface area contributed by atoms with Gasteiger partial charge in [-0.05, 0) is 43.0 Å². The fourth-order valence-corrected chi connectivity index (χ4v) is 2.41. The van der Waals surface area contributed by atoms with Crippen LogP contribution in [0.25, 0.3) is 0 Å². The third kappa shape index (κ3) is 4.94. The Bertz CT molecular complexity index is 736. The predicted molar refractivity (Wildman–Crippen MR) is 93.7 cm³/mol. The van der Waals surface area contributed by atoms with Gasteiger partial charge in [0.2, 0.25) is 11.8 Å². The highest BCUT2D eigenvalue weighted by Gasteiger charge is 2.14. The van der Waals surface area contributed by atoms with Crippen molar-refractivity contribution in [1.29, 1.82) is 0 Å². The molecule has 0 bridgehead atoms. The average Bonchev–Trinajstić information content (AvgIpc) is 2.94. The second kappa shape index (κ2) is 7.77. The Hall–Kier alpha value is -2.63. The van der Waals surface area contributed by atoms with Crippen molar-refractivity contribution in [2.24, 2.45) is 7.05 Å². The van der Waals surface area contributed by atoms with E-state index in [1.807, 2.05) is 45.3 Å². The van der Waals surface area contributed by atoms with Gasteiger partial charge < -0.3 is 10.2 Å². The number of nitrogens with one attached hydrogen (secondary N) is 1. The average molecular weight is 328 g/mol. The number of rotatable bonds is 6. The zero-order valence-electron chi connectivity index (χ0n) is 14.7. The standard InChI is InChI=1S/C18H24N4O2/c1-13-5-6-14(2)16(9-13)20-17(23)12-21(3)18(24)8-7-15-10-19-22(4)11-15/h5-6,9-11H,7-8,12H2,1-4H3,(H,20,23). The monoisotopic (exact) mass is 328 g/mol. The molecule has 0 aliphatic carbocycles. The Morgan fingerprint density at radius 2 is 2.04 bits per heavy atom. The normalized spacial score (nSPS) is 10.5. The van der Waals surface area contributed by atoms with Gasteiger partial charge in [-0.15, -0.1) is 0 Å². The summed E-state index contributed by atoms with van der Waals surface area (Å²) in [6, 6.07) is 5.89. The number of carbonyl (C=O) groups excluding carboxylic acids is 2. The molecule has 0 spiro atoms. The molecule has 6 nitrogen and oxygen atoms in total. The second-order valence-electron chi connectivity index (χ2n) is 6.14. The fourth-order valence-electron chi connectivity index (χ4n) is 2.41. The van der Waals surface area contributed by atoms with Gasteiger partial charge in [-0.2, -0.15) is 5.10 Å². The molecule has 0 aliphatic rings. The highest BCUT2D eigenvalue weighted by molar-refractivity contribution is 5.95. The van der Waals surface area contributed by atoms with Crippen LogP contribution in [-0.4, -0.2) is 40.1 Å². The fraction of sp³-hybridized carbons (Fsp3) is 0.389. The summed E-state index contributed by atoms with van der Waals surface area (Å²) >= 11 is 0. The van der Waals surface area contributed by atoms with Gasteiger partial charge in [-0.1, -0.05) is 12.1 Å². The molecule has 2 rings (SSSR count). The number of aromatic nitrogens is 2. The van der Waals surface area contributed by atoms with Crippen LogP contribution in [0.5, 0.6) is 0 Å². The summed E-state index contributed by atoms with van der Waals surface area (Å²) in [4.78, 5) is 25.8. The molecule has 0 unspecified atom stereocenters. The summed E-state index contributed by atoms with van der Waals surface area (Å²) in [6.45, 7) is 3.96. The van der Waals surface area contributed by atoms with Crippen LogP contribution in [0.2, 0.25) is 0 Å². The van der Waals surface area contributed by atoms with Gasteiger partial charge in [0.15, 0.2) is 0 Å². The molecule has 0 saturated heterocycles. The molecule has 24 heavy (non-hydrogen) atoms. The maximum Gasteiger partial charge on any atom is 0.243 e. The van der Waals surface area contributed by atoms with Crippen molar-refractivity contribution in [3.05, 3.63) is 47.3 Å². The SMILES string of the molecule is Cc1ccc(C)c(NC(=O)CN(C)C(=O)CCc2cnn(C)c2)c1. The van der Waals surface area contributed by atoms with Crippen LogP contribution < -0.4 is 5.32 Å². The number of aryl methyl sites for hydroxylation is 4. The second-order valence-corrected chi connectivity index (χ2v) is 6.14. The molecule has 0 atom stereocenters.